The van der Waals surface area contributed by atoms with Gasteiger partial charge in [0.15, 0.2) is 0 Å². The molecular formula is C23H15FN2O3. The number of nitrogens with zero attached hydrogens (tertiary/aromatic N) is 2. The van der Waals surface area contributed by atoms with Crippen LogP contribution in [0.1, 0.15) is 21.7 Å². The number of carboxylic acid groups (broad SMARTS) is 1. The van der Waals surface area contributed by atoms with Gasteiger partial charge in [-0.15, -0.1) is 0 Å². The summed E-state index contributed by atoms with van der Waals surface area (Å²) in [6, 6.07) is 19.0. The largest absolute Gasteiger partial charge is 0.478 e. The molecule has 1 N–H and O–H groups in total. The van der Waals surface area contributed by atoms with E-state index in [1.807, 2.05) is 0 Å². The minimum atomic E-state index is -0.998. The fourth-order valence-corrected chi connectivity index (χ4v) is 3.01. The first-order valence-electron chi connectivity index (χ1n) is 8.82. The molecule has 4 aromatic rings. The van der Waals surface area contributed by atoms with Gasteiger partial charge in [-0.05, 0) is 60.2 Å². The highest BCUT2D eigenvalue weighted by Gasteiger charge is 2.11. The Morgan fingerprint density at radius 1 is 0.931 bits per heavy atom. The van der Waals surface area contributed by atoms with Crippen molar-refractivity contribution in [3.8, 4) is 5.69 Å². The smallest absolute Gasteiger partial charge is 0.335 e. The van der Waals surface area contributed by atoms with Gasteiger partial charge in [0.1, 0.15) is 11.6 Å². The number of carbonyl (C=O) groups is 1. The molecule has 0 spiro atoms. The van der Waals surface area contributed by atoms with E-state index < -0.39 is 11.8 Å². The molecule has 1 aromatic heterocycles. The Kier molecular flexibility index (Phi) is 4.75. The van der Waals surface area contributed by atoms with Crippen LogP contribution in [0.25, 0.3) is 28.7 Å². The highest BCUT2D eigenvalue weighted by molar-refractivity contribution is 5.88. The van der Waals surface area contributed by atoms with Crippen molar-refractivity contribution in [1.82, 2.24) is 9.55 Å². The zero-order valence-corrected chi connectivity index (χ0v) is 15.1. The lowest BCUT2D eigenvalue weighted by Crippen LogP contribution is -2.22. The number of hydrogen-bond donors (Lipinski definition) is 1. The molecule has 0 aliphatic heterocycles. The number of benzene rings is 3. The summed E-state index contributed by atoms with van der Waals surface area (Å²) in [4.78, 5) is 28.7. The van der Waals surface area contributed by atoms with Crippen molar-refractivity contribution >= 4 is 29.0 Å². The van der Waals surface area contributed by atoms with Crippen LogP contribution in [-0.4, -0.2) is 20.6 Å². The van der Waals surface area contributed by atoms with Crippen molar-refractivity contribution in [2.75, 3.05) is 0 Å². The predicted octanol–water partition coefficient (Wildman–Crippen LogP) is 4.39. The number of para-hydroxylation sites is 1. The van der Waals surface area contributed by atoms with E-state index in [0.717, 1.165) is 5.56 Å². The summed E-state index contributed by atoms with van der Waals surface area (Å²) in [5, 5.41) is 9.46. The molecule has 0 saturated heterocycles. The Morgan fingerprint density at radius 3 is 2.31 bits per heavy atom. The Hall–Kier alpha value is -4.06. The molecule has 0 radical (unpaired) electrons. The van der Waals surface area contributed by atoms with E-state index >= 15 is 0 Å². The summed E-state index contributed by atoms with van der Waals surface area (Å²) in [7, 11) is 0. The summed E-state index contributed by atoms with van der Waals surface area (Å²) in [5.41, 5.74) is 1.73. The van der Waals surface area contributed by atoms with E-state index in [-0.39, 0.29) is 11.1 Å². The van der Waals surface area contributed by atoms with Crippen molar-refractivity contribution in [1.29, 1.82) is 0 Å². The molecule has 0 saturated carbocycles. The molecule has 1 heterocycles. The molecule has 6 heteroatoms. The summed E-state index contributed by atoms with van der Waals surface area (Å²) >= 11 is 0. The standard InChI is InChI=1S/C23H15FN2O3/c24-17-10-12-18(13-11-17)26-21(25-20-4-2-1-3-19(20)22(26)27)14-7-15-5-8-16(9-6-15)23(28)29/h1-14H,(H,28,29). The first-order chi connectivity index (χ1) is 14.0. The molecule has 0 aliphatic carbocycles. The van der Waals surface area contributed by atoms with Gasteiger partial charge in [-0.2, -0.15) is 0 Å². The average molecular weight is 386 g/mol. The van der Waals surface area contributed by atoms with Gasteiger partial charge in [0.2, 0.25) is 0 Å². The number of fused-ring (bicyclic) bond motifs is 1. The van der Waals surface area contributed by atoms with Gasteiger partial charge in [-0.25, -0.2) is 14.2 Å². The maximum absolute atomic E-state index is 13.4. The van der Waals surface area contributed by atoms with Gasteiger partial charge in [-0.3, -0.25) is 9.36 Å². The van der Waals surface area contributed by atoms with Crippen LogP contribution in [0.2, 0.25) is 0 Å². The normalized spacial score (nSPS) is 11.2. The molecule has 0 atom stereocenters. The predicted molar refractivity (Wildman–Crippen MR) is 110 cm³/mol. The second-order valence-electron chi connectivity index (χ2n) is 6.36. The lowest BCUT2D eigenvalue weighted by atomic mass is 10.1. The molecule has 3 aromatic carbocycles. The van der Waals surface area contributed by atoms with Gasteiger partial charge >= 0.3 is 5.97 Å². The van der Waals surface area contributed by atoms with Crippen LogP contribution < -0.4 is 5.56 Å². The summed E-state index contributed by atoms with van der Waals surface area (Å²) < 4.78 is 14.8. The molecule has 0 unspecified atom stereocenters. The van der Waals surface area contributed by atoms with Crippen molar-refractivity contribution in [3.05, 3.63) is 106 Å². The maximum Gasteiger partial charge on any atom is 0.335 e. The van der Waals surface area contributed by atoms with E-state index in [0.29, 0.717) is 22.4 Å². The lowest BCUT2D eigenvalue weighted by molar-refractivity contribution is 0.0697. The summed E-state index contributed by atoms with van der Waals surface area (Å²) in [6.45, 7) is 0. The quantitative estimate of drug-likeness (QED) is 0.565. The third-order valence-electron chi connectivity index (χ3n) is 4.47. The number of carboxylic acids is 1. The van der Waals surface area contributed by atoms with Crippen molar-refractivity contribution in [2.24, 2.45) is 0 Å². The van der Waals surface area contributed by atoms with Crippen molar-refractivity contribution < 1.29 is 14.3 Å². The molecule has 0 fully saturated rings. The van der Waals surface area contributed by atoms with Crippen LogP contribution in [0.3, 0.4) is 0 Å². The minimum absolute atomic E-state index is 0.189. The average Bonchev–Trinajstić information content (AvgIpc) is 2.73. The lowest BCUT2D eigenvalue weighted by Gasteiger charge is -2.11. The number of aromatic carboxylic acids is 1. The Balaban J connectivity index is 1.86. The Bertz CT molecular complexity index is 1290. The highest BCUT2D eigenvalue weighted by atomic mass is 19.1. The van der Waals surface area contributed by atoms with Crippen LogP contribution in [0, 0.1) is 5.82 Å². The maximum atomic E-state index is 13.4. The van der Waals surface area contributed by atoms with Gasteiger partial charge < -0.3 is 5.11 Å². The van der Waals surface area contributed by atoms with E-state index in [2.05, 4.69) is 4.98 Å². The van der Waals surface area contributed by atoms with E-state index in [9.17, 15) is 14.0 Å². The van der Waals surface area contributed by atoms with Crippen LogP contribution in [0.15, 0.2) is 77.6 Å². The number of aromatic nitrogens is 2. The van der Waals surface area contributed by atoms with Crippen LogP contribution in [0.5, 0.6) is 0 Å². The number of rotatable bonds is 4. The SMILES string of the molecule is O=C(O)c1ccc(C=Cc2nc3ccccc3c(=O)n2-c2ccc(F)cc2)cc1. The fraction of sp³-hybridized carbons (Fsp3) is 0. The second-order valence-corrected chi connectivity index (χ2v) is 6.36. The first kappa shape index (κ1) is 18.3. The highest BCUT2D eigenvalue weighted by Crippen LogP contribution is 2.16. The number of halogens is 1. The van der Waals surface area contributed by atoms with Crippen LogP contribution in [0.4, 0.5) is 4.39 Å². The van der Waals surface area contributed by atoms with E-state index in [1.54, 1.807) is 48.6 Å². The van der Waals surface area contributed by atoms with Gasteiger partial charge in [-0.1, -0.05) is 30.3 Å². The molecule has 142 valence electrons. The van der Waals surface area contributed by atoms with Crippen molar-refractivity contribution in [2.45, 2.75) is 0 Å². The third-order valence-corrected chi connectivity index (χ3v) is 4.47. The monoisotopic (exact) mass is 386 g/mol. The minimum Gasteiger partial charge on any atom is -0.478 e. The molecule has 4 rings (SSSR count). The van der Waals surface area contributed by atoms with E-state index in [1.165, 1.54) is 41.0 Å². The van der Waals surface area contributed by atoms with Crippen LogP contribution in [-0.2, 0) is 0 Å². The zero-order valence-electron chi connectivity index (χ0n) is 15.1. The van der Waals surface area contributed by atoms with Gasteiger partial charge in [0.25, 0.3) is 5.56 Å². The zero-order chi connectivity index (χ0) is 20.4. The summed E-state index contributed by atoms with van der Waals surface area (Å²) in [5.74, 6) is -1.02. The van der Waals surface area contributed by atoms with Gasteiger partial charge in [0.05, 0.1) is 22.2 Å². The molecule has 0 amide bonds. The topological polar surface area (TPSA) is 72.2 Å². The second kappa shape index (κ2) is 7.52. The molecule has 29 heavy (non-hydrogen) atoms. The molecule has 0 bridgehead atoms. The Morgan fingerprint density at radius 2 is 1.62 bits per heavy atom. The summed E-state index contributed by atoms with van der Waals surface area (Å²) in [6.07, 6.45) is 3.41. The molecular weight excluding hydrogens is 371 g/mol. The molecule has 5 nitrogen and oxygen atoms in total. The van der Waals surface area contributed by atoms with Crippen molar-refractivity contribution in [3.63, 3.8) is 0 Å². The van der Waals surface area contributed by atoms with E-state index in [4.69, 9.17) is 5.11 Å². The fourth-order valence-electron chi connectivity index (χ4n) is 3.01. The molecule has 0 aliphatic rings. The first-order valence-corrected chi connectivity index (χ1v) is 8.82. The van der Waals surface area contributed by atoms with Gasteiger partial charge in [0, 0.05) is 0 Å². The van der Waals surface area contributed by atoms with Crippen LogP contribution >= 0.6 is 0 Å². The number of hydrogen-bond acceptors (Lipinski definition) is 3. The third kappa shape index (κ3) is 3.68. The Labute approximate surface area is 165 Å².